The van der Waals surface area contributed by atoms with Gasteiger partial charge < -0.3 is 16.0 Å². The first-order valence-corrected chi connectivity index (χ1v) is 5.69. The van der Waals surface area contributed by atoms with Gasteiger partial charge in [-0.1, -0.05) is 19.1 Å². The second-order valence-electron chi connectivity index (χ2n) is 4.37. The maximum absolute atomic E-state index is 11.1. The van der Waals surface area contributed by atoms with Gasteiger partial charge >= 0.3 is 0 Å². The van der Waals surface area contributed by atoms with E-state index < -0.39 is 0 Å². The maximum Gasteiger partial charge on any atom is 0.222 e. The first-order chi connectivity index (χ1) is 8.11. The van der Waals surface area contributed by atoms with Crippen LogP contribution in [0.4, 0.5) is 0 Å². The van der Waals surface area contributed by atoms with Gasteiger partial charge in [0.05, 0.1) is 5.92 Å². The topological polar surface area (TPSA) is 74.0 Å². The Morgan fingerprint density at radius 1 is 1.41 bits per heavy atom. The Morgan fingerprint density at radius 3 is 2.82 bits per heavy atom. The summed E-state index contributed by atoms with van der Waals surface area (Å²) in [5, 5.41) is 1.15. The second-order valence-corrected chi connectivity index (χ2v) is 4.37. The third-order valence-corrected chi connectivity index (χ3v) is 3.03. The van der Waals surface area contributed by atoms with Gasteiger partial charge in [0.1, 0.15) is 0 Å². The lowest BCUT2D eigenvalue weighted by molar-refractivity contribution is -0.121. The molecule has 1 atom stereocenters. The highest BCUT2D eigenvalue weighted by atomic mass is 16.1. The van der Waals surface area contributed by atoms with Crippen molar-refractivity contribution in [1.29, 1.82) is 0 Å². The SMILES string of the molecule is CC(Cn1ccc2ccc(CN)cc21)C(N)=O. The van der Waals surface area contributed by atoms with Crippen molar-refractivity contribution in [2.24, 2.45) is 17.4 Å². The lowest BCUT2D eigenvalue weighted by atomic mass is 10.1. The third kappa shape index (κ3) is 2.31. The Labute approximate surface area is 100 Å². The number of hydrogen-bond acceptors (Lipinski definition) is 2. The highest BCUT2D eigenvalue weighted by Gasteiger charge is 2.11. The maximum atomic E-state index is 11.1. The Hall–Kier alpha value is -1.81. The standard InChI is InChI=1S/C13H17N3O/c1-9(13(15)17)8-16-5-4-11-3-2-10(7-14)6-12(11)16/h2-6,9H,7-8,14H2,1H3,(H2,15,17). The van der Waals surface area contributed by atoms with Crippen LogP contribution in [-0.4, -0.2) is 10.5 Å². The molecule has 0 spiro atoms. The first kappa shape index (κ1) is 11.7. The van der Waals surface area contributed by atoms with Gasteiger partial charge in [0.2, 0.25) is 5.91 Å². The number of amides is 1. The molecule has 1 heterocycles. The molecule has 0 saturated heterocycles. The summed E-state index contributed by atoms with van der Waals surface area (Å²) in [6.45, 7) is 2.96. The van der Waals surface area contributed by atoms with Crippen LogP contribution >= 0.6 is 0 Å². The van der Waals surface area contributed by atoms with Crippen molar-refractivity contribution < 1.29 is 4.79 Å². The number of fused-ring (bicyclic) bond motifs is 1. The van der Waals surface area contributed by atoms with E-state index in [1.807, 2.05) is 35.9 Å². The van der Waals surface area contributed by atoms with Crippen LogP contribution in [0.3, 0.4) is 0 Å². The molecule has 90 valence electrons. The van der Waals surface area contributed by atoms with Crippen molar-refractivity contribution >= 4 is 16.8 Å². The normalized spacial score (nSPS) is 12.8. The second kappa shape index (κ2) is 4.59. The van der Waals surface area contributed by atoms with Crippen LogP contribution in [0.25, 0.3) is 10.9 Å². The predicted molar refractivity (Wildman–Crippen MR) is 68.2 cm³/mol. The zero-order valence-corrected chi connectivity index (χ0v) is 9.89. The van der Waals surface area contributed by atoms with Gasteiger partial charge in [-0.05, 0) is 23.1 Å². The summed E-state index contributed by atoms with van der Waals surface area (Å²) in [4.78, 5) is 11.1. The van der Waals surface area contributed by atoms with Crippen molar-refractivity contribution in [3.8, 4) is 0 Å². The van der Waals surface area contributed by atoms with Crippen molar-refractivity contribution in [2.75, 3.05) is 0 Å². The molecular formula is C13H17N3O. The van der Waals surface area contributed by atoms with Gasteiger partial charge in [-0.3, -0.25) is 4.79 Å². The molecule has 0 fully saturated rings. The molecule has 0 radical (unpaired) electrons. The summed E-state index contributed by atoms with van der Waals surface area (Å²) < 4.78 is 2.05. The first-order valence-electron chi connectivity index (χ1n) is 5.69. The third-order valence-electron chi connectivity index (χ3n) is 3.03. The van der Waals surface area contributed by atoms with Crippen molar-refractivity contribution in [3.05, 3.63) is 36.0 Å². The van der Waals surface area contributed by atoms with E-state index in [0.717, 1.165) is 16.5 Å². The summed E-state index contributed by atoms with van der Waals surface area (Å²) in [5.74, 6) is -0.450. The molecule has 2 aromatic rings. The molecule has 4 heteroatoms. The molecule has 17 heavy (non-hydrogen) atoms. The Balaban J connectivity index is 2.37. The van der Waals surface area contributed by atoms with Crippen LogP contribution in [-0.2, 0) is 17.9 Å². The molecular weight excluding hydrogens is 214 g/mol. The van der Waals surface area contributed by atoms with Crippen LogP contribution in [0.5, 0.6) is 0 Å². The molecule has 0 aliphatic carbocycles. The highest BCUT2D eigenvalue weighted by molar-refractivity contribution is 5.81. The predicted octanol–water partition coefficient (Wildman–Crippen LogP) is 1.22. The lowest BCUT2D eigenvalue weighted by Crippen LogP contribution is -2.24. The van der Waals surface area contributed by atoms with Gasteiger partial charge in [-0.25, -0.2) is 0 Å². The van der Waals surface area contributed by atoms with E-state index in [-0.39, 0.29) is 11.8 Å². The molecule has 4 nitrogen and oxygen atoms in total. The minimum Gasteiger partial charge on any atom is -0.369 e. The Kier molecular flexibility index (Phi) is 3.15. The van der Waals surface area contributed by atoms with E-state index >= 15 is 0 Å². The van der Waals surface area contributed by atoms with Crippen LogP contribution in [0.1, 0.15) is 12.5 Å². The average molecular weight is 231 g/mol. The van der Waals surface area contributed by atoms with Gasteiger partial charge in [-0.2, -0.15) is 0 Å². The van der Waals surface area contributed by atoms with E-state index in [2.05, 4.69) is 6.07 Å². The summed E-state index contributed by atoms with van der Waals surface area (Å²) >= 11 is 0. The minimum atomic E-state index is -0.276. The number of hydrogen-bond donors (Lipinski definition) is 2. The lowest BCUT2D eigenvalue weighted by Gasteiger charge is -2.10. The Morgan fingerprint density at radius 2 is 2.18 bits per heavy atom. The smallest absolute Gasteiger partial charge is 0.222 e. The quantitative estimate of drug-likeness (QED) is 0.830. The van der Waals surface area contributed by atoms with E-state index in [1.165, 1.54) is 0 Å². The fraction of sp³-hybridized carbons (Fsp3) is 0.308. The largest absolute Gasteiger partial charge is 0.369 e. The van der Waals surface area contributed by atoms with Crippen molar-refractivity contribution in [3.63, 3.8) is 0 Å². The molecule has 1 unspecified atom stereocenters. The van der Waals surface area contributed by atoms with Gasteiger partial charge in [-0.15, -0.1) is 0 Å². The van der Waals surface area contributed by atoms with Crippen molar-refractivity contribution in [2.45, 2.75) is 20.0 Å². The fourth-order valence-corrected chi connectivity index (χ4v) is 1.90. The van der Waals surface area contributed by atoms with Crippen LogP contribution in [0.2, 0.25) is 0 Å². The summed E-state index contributed by atoms with van der Waals surface area (Å²) in [6, 6.07) is 8.15. The number of nitrogens with two attached hydrogens (primary N) is 2. The summed E-state index contributed by atoms with van der Waals surface area (Å²) in [5.41, 5.74) is 13.1. The molecule has 0 aliphatic heterocycles. The van der Waals surface area contributed by atoms with Crippen LogP contribution in [0.15, 0.2) is 30.5 Å². The molecule has 0 aliphatic rings. The Bertz CT molecular complexity index is 545. The van der Waals surface area contributed by atoms with Gasteiger partial charge in [0, 0.05) is 24.8 Å². The molecule has 0 saturated carbocycles. The van der Waals surface area contributed by atoms with Crippen LogP contribution in [0, 0.1) is 5.92 Å². The molecule has 1 aromatic heterocycles. The fourth-order valence-electron chi connectivity index (χ4n) is 1.90. The summed E-state index contributed by atoms with van der Waals surface area (Å²) in [6.07, 6.45) is 1.98. The number of benzene rings is 1. The van der Waals surface area contributed by atoms with Gasteiger partial charge in [0.25, 0.3) is 0 Å². The van der Waals surface area contributed by atoms with E-state index in [1.54, 1.807) is 0 Å². The zero-order valence-electron chi connectivity index (χ0n) is 9.89. The van der Waals surface area contributed by atoms with E-state index in [4.69, 9.17) is 11.5 Å². The molecule has 2 rings (SSSR count). The monoisotopic (exact) mass is 231 g/mol. The molecule has 1 amide bonds. The molecule has 4 N–H and O–H groups in total. The zero-order chi connectivity index (χ0) is 12.4. The van der Waals surface area contributed by atoms with Crippen molar-refractivity contribution in [1.82, 2.24) is 4.57 Å². The number of rotatable bonds is 4. The van der Waals surface area contributed by atoms with Crippen LogP contribution < -0.4 is 11.5 Å². The molecule has 1 aromatic carbocycles. The van der Waals surface area contributed by atoms with E-state index in [9.17, 15) is 4.79 Å². The summed E-state index contributed by atoms with van der Waals surface area (Å²) in [7, 11) is 0. The number of aromatic nitrogens is 1. The number of carbonyl (C=O) groups is 1. The highest BCUT2D eigenvalue weighted by Crippen LogP contribution is 2.18. The minimum absolute atomic E-state index is 0.174. The number of carbonyl (C=O) groups excluding carboxylic acids is 1. The average Bonchev–Trinajstić information content (AvgIpc) is 2.71. The van der Waals surface area contributed by atoms with Gasteiger partial charge in [0.15, 0.2) is 0 Å². The molecule has 0 bridgehead atoms. The van der Waals surface area contributed by atoms with E-state index in [0.29, 0.717) is 13.1 Å². The number of nitrogens with zero attached hydrogens (tertiary/aromatic N) is 1. The number of primary amides is 1.